The lowest BCUT2D eigenvalue weighted by Gasteiger charge is -2.36. The van der Waals surface area contributed by atoms with Gasteiger partial charge in [-0.15, -0.1) is 11.3 Å². The zero-order valence-corrected chi connectivity index (χ0v) is 21.0. The van der Waals surface area contributed by atoms with E-state index in [4.69, 9.17) is 12.2 Å². The van der Waals surface area contributed by atoms with Crippen molar-refractivity contribution in [2.24, 2.45) is 0 Å². The molecule has 7 nitrogen and oxygen atoms in total. The molecule has 0 unspecified atom stereocenters. The number of piperazine rings is 1. The molecule has 0 spiro atoms. The summed E-state index contributed by atoms with van der Waals surface area (Å²) < 4.78 is 60.4. The minimum Gasteiger partial charge on any atom is -0.491 e. The summed E-state index contributed by atoms with van der Waals surface area (Å²) in [6, 6.07) is 10.6. The molecule has 1 aliphatic heterocycles. The zero-order valence-electron chi connectivity index (χ0n) is 19.3. The van der Waals surface area contributed by atoms with E-state index in [0.29, 0.717) is 36.7 Å². The van der Waals surface area contributed by atoms with Crippen LogP contribution in [-0.4, -0.2) is 55.1 Å². The van der Waals surface area contributed by atoms with Crippen LogP contribution in [0.2, 0.25) is 0 Å². The summed E-state index contributed by atoms with van der Waals surface area (Å²) >= 11 is 6.41. The fraction of sp³-hybridized carbons (Fsp3) is 0.208. The summed E-state index contributed by atoms with van der Waals surface area (Å²) in [6.07, 6.45) is 0. The second kappa shape index (κ2) is 11.1. The first-order valence-electron chi connectivity index (χ1n) is 10.9. The lowest BCUT2D eigenvalue weighted by molar-refractivity contribution is 0.0751. The van der Waals surface area contributed by atoms with E-state index in [1.165, 1.54) is 11.3 Å². The molecule has 0 aliphatic carbocycles. The number of rotatable bonds is 5. The largest absolute Gasteiger partial charge is 0.491 e. The van der Waals surface area contributed by atoms with Crippen LogP contribution in [-0.2, 0) is 0 Å². The van der Waals surface area contributed by atoms with Gasteiger partial charge in [0.05, 0.1) is 12.0 Å². The molecule has 1 aromatic heterocycles. The number of carbonyl (C=O) groups excluding carboxylic acids is 2. The highest BCUT2D eigenvalue weighted by atomic mass is 32.1. The Morgan fingerprint density at radius 1 is 0.946 bits per heavy atom. The number of hydrogen-bond acceptors (Lipinski definition) is 6. The first-order valence-corrected chi connectivity index (χ1v) is 12.2. The second-order valence-corrected chi connectivity index (χ2v) is 9.23. The average Bonchev–Trinajstić information content (AvgIpc) is 3.43. The monoisotopic (exact) mass is 552 g/mol. The standard InChI is InChI=1S/C24H20F4N4O3S2/c1-35-21-19(27)17(25)16(18(26)20(21)28)22(33)30-24(36)29-13-4-6-14(7-5-13)31-8-10-32(11-9-31)23(34)15-3-2-12-37-15/h2-7,12H,8-11H2,1H3,(H2,29,30,33,36). The highest BCUT2D eigenvalue weighted by Crippen LogP contribution is 2.29. The van der Waals surface area contributed by atoms with Crippen molar-refractivity contribution in [3.05, 3.63) is 75.5 Å². The molecule has 1 fully saturated rings. The van der Waals surface area contributed by atoms with Gasteiger partial charge in [0, 0.05) is 37.6 Å². The fourth-order valence-corrected chi connectivity index (χ4v) is 4.70. The fourth-order valence-electron chi connectivity index (χ4n) is 3.80. The number of thiocarbonyl (C=S) groups is 1. The molecule has 1 saturated heterocycles. The third kappa shape index (κ3) is 5.52. The predicted octanol–water partition coefficient (Wildman–Crippen LogP) is 4.40. The van der Waals surface area contributed by atoms with Crippen molar-refractivity contribution < 1.29 is 31.9 Å². The number of nitrogens with one attached hydrogen (secondary N) is 2. The summed E-state index contributed by atoms with van der Waals surface area (Å²) in [6.45, 7) is 2.44. The molecule has 0 atom stereocenters. The van der Waals surface area contributed by atoms with Crippen molar-refractivity contribution >= 4 is 51.9 Å². The number of nitrogens with zero attached hydrogens (tertiary/aromatic N) is 2. The third-order valence-corrected chi connectivity index (χ3v) is 6.73. The maximum Gasteiger partial charge on any atom is 0.264 e. The Labute approximate surface area is 218 Å². The molecular weight excluding hydrogens is 532 g/mol. The molecule has 0 saturated carbocycles. The number of amides is 2. The van der Waals surface area contributed by atoms with Gasteiger partial charge in [0.25, 0.3) is 11.8 Å². The van der Waals surface area contributed by atoms with Crippen LogP contribution in [0.4, 0.5) is 28.9 Å². The van der Waals surface area contributed by atoms with Crippen molar-refractivity contribution in [3.8, 4) is 5.75 Å². The molecule has 0 bridgehead atoms. The number of halogens is 4. The molecule has 4 rings (SSSR count). The van der Waals surface area contributed by atoms with Crippen LogP contribution in [0.25, 0.3) is 0 Å². The van der Waals surface area contributed by atoms with E-state index in [0.717, 1.165) is 12.8 Å². The van der Waals surface area contributed by atoms with Crippen molar-refractivity contribution in [2.45, 2.75) is 0 Å². The van der Waals surface area contributed by atoms with Crippen molar-refractivity contribution in [1.29, 1.82) is 0 Å². The first kappa shape index (κ1) is 26.4. The van der Waals surface area contributed by atoms with Gasteiger partial charge >= 0.3 is 0 Å². The number of anilines is 2. The maximum absolute atomic E-state index is 14.2. The van der Waals surface area contributed by atoms with E-state index in [-0.39, 0.29) is 11.0 Å². The van der Waals surface area contributed by atoms with Gasteiger partial charge in [0.1, 0.15) is 5.56 Å². The summed E-state index contributed by atoms with van der Waals surface area (Å²) in [5.41, 5.74) is -0.113. The van der Waals surface area contributed by atoms with E-state index < -0.39 is 40.5 Å². The molecule has 194 valence electrons. The topological polar surface area (TPSA) is 73.9 Å². The number of hydrogen-bond donors (Lipinski definition) is 2. The first-order chi connectivity index (χ1) is 17.7. The molecule has 1 aliphatic rings. The number of methoxy groups -OCH3 is 1. The number of ether oxygens (including phenoxy) is 1. The van der Waals surface area contributed by atoms with Crippen molar-refractivity contribution in [3.63, 3.8) is 0 Å². The predicted molar refractivity (Wildman–Crippen MR) is 135 cm³/mol. The number of thiophene rings is 1. The Kier molecular flexibility index (Phi) is 7.93. The zero-order chi connectivity index (χ0) is 26.7. The summed E-state index contributed by atoms with van der Waals surface area (Å²) in [7, 11) is 0.831. The average molecular weight is 553 g/mol. The van der Waals surface area contributed by atoms with Gasteiger partial charge in [-0.25, -0.2) is 8.78 Å². The molecule has 2 amide bonds. The molecule has 13 heteroatoms. The summed E-state index contributed by atoms with van der Waals surface area (Å²) in [4.78, 5) is 29.4. The Hall–Kier alpha value is -3.71. The smallest absolute Gasteiger partial charge is 0.264 e. The molecular formula is C24H20F4N4O3S2. The highest BCUT2D eigenvalue weighted by Gasteiger charge is 2.30. The van der Waals surface area contributed by atoms with E-state index in [9.17, 15) is 27.2 Å². The van der Waals surface area contributed by atoms with Crippen LogP contribution in [0.3, 0.4) is 0 Å². The minimum absolute atomic E-state index is 0.0182. The van der Waals surface area contributed by atoms with Crippen molar-refractivity contribution in [1.82, 2.24) is 10.2 Å². The Balaban J connectivity index is 1.34. The molecule has 2 N–H and O–H groups in total. The molecule has 0 radical (unpaired) electrons. The highest BCUT2D eigenvalue weighted by molar-refractivity contribution is 7.80. The van der Waals surface area contributed by atoms with Gasteiger partial charge in [-0.1, -0.05) is 6.07 Å². The lowest BCUT2D eigenvalue weighted by atomic mass is 10.1. The third-order valence-electron chi connectivity index (χ3n) is 5.67. The van der Waals surface area contributed by atoms with E-state index in [2.05, 4.69) is 15.0 Å². The lowest BCUT2D eigenvalue weighted by Crippen LogP contribution is -2.48. The molecule has 37 heavy (non-hydrogen) atoms. The van der Waals surface area contributed by atoms with Crippen molar-refractivity contribution in [2.75, 3.05) is 43.5 Å². The second-order valence-electron chi connectivity index (χ2n) is 7.88. The van der Waals surface area contributed by atoms with Gasteiger partial charge < -0.3 is 19.9 Å². The quantitative estimate of drug-likeness (QED) is 0.278. The van der Waals surface area contributed by atoms with Gasteiger partial charge in [-0.2, -0.15) is 8.78 Å². The van der Waals surface area contributed by atoms with Crippen LogP contribution in [0.15, 0.2) is 41.8 Å². The van der Waals surface area contributed by atoms with Crippen LogP contribution < -0.4 is 20.3 Å². The van der Waals surface area contributed by atoms with Gasteiger partial charge in [0.2, 0.25) is 11.6 Å². The minimum atomic E-state index is -1.91. The van der Waals surface area contributed by atoms with E-state index in [1.807, 2.05) is 21.7 Å². The van der Waals surface area contributed by atoms with Gasteiger partial charge in [-0.3, -0.25) is 14.9 Å². The summed E-state index contributed by atoms with van der Waals surface area (Å²) in [5.74, 6) is -10.2. The Bertz CT molecular complexity index is 1300. The Morgan fingerprint density at radius 2 is 1.57 bits per heavy atom. The van der Waals surface area contributed by atoms with Crippen LogP contribution in [0.1, 0.15) is 20.0 Å². The molecule has 3 aromatic rings. The normalized spacial score (nSPS) is 13.3. The number of benzene rings is 2. The SMILES string of the molecule is COc1c(F)c(F)c(C(=O)NC(=S)Nc2ccc(N3CCN(C(=O)c4cccs4)CC3)cc2)c(F)c1F. The Morgan fingerprint density at radius 3 is 2.11 bits per heavy atom. The molecule has 2 aromatic carbocycles. The van der Waals surface area contributed by atoms with E-state index in [1.54, 1.807) is 30.3 Å². The number of carbonyl (C=O) groups is 2. The summed E-state index contributed by atoms with van der Waals surface area (Å²) in [5, 5.41) is 6.20. The van der Waals surface area contributed by atoms with E-state index >= 15 is 0 Å². The van der Waals surface area contributed by atoms with Crippen LogP contribution in [0.5, 0.6) is 5.75 Å². The van der Waals surface area contributed by atoms with Gasteiger partial charge in [-0.05, 0) is 47.9 Å². The van der Waals surface area contributed by atoms with Gasteiger partial charge in [0.15, 0.2) is 22.5 Å². The van der Waals surface area contributed by atoms with Crippen LogP contribution >= 0.6 is 23.6 Å². The van der Waals surface area contributed by atoms with Crippen LogP contribution in [0, 0.1) is 23.3 Å². The molecule has 2 heterocycles. The maximum atomic E-state index is 14.2.